The van der Waals surface area contributed by atoms with E-state index in [1.54, 1.807) is 13.0 Å². The first-order chi connectivity index (χ1) is 7.90. The van der Waals surface area contributed by atoms with Gasteiger partial charge in [-0.1, -0.05) is 6.92 Å². The third-order valence-electron chi connectivity index (χ3n) is 2.31. The van der Waals surface area contributed by atoms with Crippen LogP contribution >= 0.6 is 15.9 Å². The van der Waals surface area contributed by atoms with E-state index in [4.69, 9.17) is 10.8 Å². The van der Waals surface area contributed by atoms with Gasteiger partial charge in [-0.2, -0.15) is 0 Å². The van der Waals surface area contributed by atoms with Gasteiger partial charge in [0.1, 0.15) is 0 Å². The molecule has 0 saturated carbocycles. The van der Waals surface area contributed by atoms with Crippen LogP contribution < -0.4 is 10.5 Å². The summed E-state index contributed by atoms with van der Waals surface area (Å²) in [6, 6.07) is 3.91. The number of hydrogen-bond donors (Lipinski definition) is 3. The minimum atomic E-state index is -3.63. The average molecular weight is 323 g/mol. The van der Waals surface area contributed by atoms with Gasteiger partial charge in [-0.25, -0.2) is 13.1 Å². The van der Waals surface area contributed by atoms with E-state index in [-0.39, 0.29) is 11.5 Å². The fourth-order valence-corrected chi connectivity index (χ4v) is 2.82. The number of rotatable bonds is 5. The van der Waals surface area contributed by atoms with Crippen molar-refractivity contribution in [2.24, 2.45) is 0 Å². The van der Waals surface area contributed by atoms with Crippen molar-refractivity contribution in [2.75, 3.05) is 12.3 Å². The molecule has 96 valence electrons. The number of sulfonamides is 1. The Morgan fingerprint density at radius 2 is 2.18 bits per heavy atom. The SMILES string of the molecule is CC[C@@H](CO)NS(=O)(=O)c1ccc(Br)c(N)c1. The predicted molar refractivity (Wildman–Crippen MR) is 70.0 cm³/mol. The van der Waals surface area contributed by atoms with Crippen molar-refractivity contribution in [3.63, 3.8) is 0 Å². The molecule has 0 aliphatic carbocycles. The van der Waals surface area contributed by atoms with E-state index >= 15 is 0 Å². The number of anilines is 1. The normalized spacial score (nSPS) is 13.6. The Bertz CT molecular complexity index is 486. The van der Waals surface area contributed by atoms with Crippen LogP contribution in [0.3, 0.4) is 0 Å². The highest BCUT2D eigenvalue weighted by molar-refractivity contribution is 9.10. The third kappa shape index (κ3) is 3.67. The molecule has 0 aromatic heterocycles. The molecule has 0 amide bonds. The summed E-state index contributed by atoms with van der Waals surface area (Å²) in [7, 11) is -3.63. The van der Waals surface area contributed by atoms with Gasteiger partial charge >= 0.3 is 0 Å². The summed E-state index contributed by atoms with van der Waals surface area (Å²) in [6.45, 7) is 1.56. The first-order valence-electron chi connectivity index (χ1n) is 5.09. The zero-order chi connectivity index (χ0) is 13.1. The van der Waals surface area contributed by atoms with E-state index in [9.17, 15) is 8.42 Å². The van der Waals surface area contributed by atoms with Crippen molar-refractivity contribution in [3.8, 4) is 0 Å². The maximum atomic E-state index is 11.9. The molecule has 0 spiro atoms. The van der Waals surface area contributed by atoms with Crippen LogP contribution in [0.25, 0.3) is 0 Å². The van der Waals surface area contributed by atoms with Crippen LogP contribution in [0.5, 0.6) is 0 Å². The number of hydrogen-bond acceptors (Lipinski definition) is 4. The van der Waals surface area contributed by atoms with Gasteiger partial charge in [-0.05, 0) is 40.5 Å². The zero-order valence-corrected chi connectivity index (χ0v) is 11.8. The molecule has 1 rings (SSSR count). The Kier molecular flexibility index (Phi) is 4.93. The van der Waals surface area contributed by atoms with Crippen molar-refractivity contribution >= 4 is 31.6 Å². The first-order valence-corrected chi connectivity index (χ1v) is 7.36. The summed E-state index contributed by atoms with van der Waals surface area (Å²) in [6.07, 6.45) is 0.516. The summed E-state index contributed by atoms with van der Waals surface area (Å²) in [5.41, 5.74) is 5.98. The molecule has 0 saturated heterocycles. The van der Waals surface area contributed by atoms with Gasteiger partial charge in [0.15, 0.2) is 0 Å². The molecule has 0 aliphatic rings. The summed E-state index contributed by atoms with van der Waals surface area (Å²) in [4.78, 5) is 0.0881. The van der Waals surface area contributed by atoms with E-state index in [1.165, 1.54) is 12.1 Å². The largest absolute Gasteiger partial charge is 0.398 e. The molecule has 0 unspecified atom stereocenters. The monoisotopic (exact) mass is 322 g/mol. The lowest BCUT2D eigenvalue weighted by molar-refractivity contribution is 0.254. The molecule has 0 aliphatic heterocycles. The fraction of sp³-hybridized carbons (Fsp3) is 0.400. The van der Waals surface area contributed by atoms with Gasteiger partial charge in [0.05, 0.1) is 11.5 Å². The van der Waals surface area contributed by atoms with Gasteiger partial charge in [0.2, 0.25) is 10.0 Å². The number of nitrogens with two attached hydrogens (primary N) is 1. The minimum absolute atomic E-state index is 0.0881. The van der Waals surface area contributed by atoms with E-state index < -0.39 is 16.1 Å². The Morgan fingerprint density at radius 1 is 1.53 bits per heavy atom. The molecular weight excluding hydrogens is 308 g/mol. The summed E-state index contributed by atoms with van der Waals surface area (Å²) in [5, 5.41) is 8.98. The van der Waals surface area contributed by atoms with E-state index in [0.717, 1.165) is 0 Å². The van der Waals surface area contributed by atoms with Crippen molar-refractivity contribution in [3.05, 3.63) is 22.7 Å². The lowest BCUT2D eigenvalue weighted by Crippen LogP contribution is -2.36. The van der Waals surface area contributed by atoms with Crippen LogP contribution in [0.1, 0.15) is 13.3 Å². The standard InChI is InChI=1S/C10H15BrN2O3S/c1-2-7(6-14)13-17(15,16)8-3-4-9(11)10(12)5-8/h3-5,7,13-14H,2,6,12H2,1H3/t7-/m0/s1. The molecule has 17 heavy (non-hydrogen) atoms. The number of nitrogen functional groups attached to an aromatic ring is 1. The highest BCUT2D eigenvalue weighted by Crippen LogP contribution is 2.22. The second kappa shape index (κ2) is 5.81. The third-order valence-corrected chi connectivity index (χ3v) is 4.55. The average Bonchev–Trinajstić information content (AvgIpc) is 2.29. The quantitative estimate of drug-likeness (QED) is 0.707. The Labute approximate surface area is 109 Å². The van der Waals surface area contributed by atoms with Crippen LogP contribution in [0.4, 0.5) is 5.69 Å². The summed E-state index contributed by atoms with van der Waals surface area (Å²) < 4.78 is 26.9. The second-order valence-electron chi connectivity index (χ2n) is 3.59. The van der Waals surface area contributed by atoms with Crippen molar-refractivity contribution < 1.29 is 13.5 Å². The topological polar surface area (TPSA) is 92.4 Å². The molecule has 4 N–H and O–H groups in total. The van der Waals surface area contributed by atoms with Crippen molar-refractivity contribution in [2.45, 2.75) is 24.3 Å². The Balaban J connectivity index is 3.01. The van der Waals surface area contributed by atoms with Gasteiger partial charge in [0.25, 0.3) is 0 Å². The molecule has 0 bridgehead atoms. The smallest absolute Gasteiger partial charge is 0.240 e. The highest BCUT2D eigenvalue weighted by Gasteiger charge is 2.19. The number of nitrogens with one attached hydrogen (secondary N) is 1. The number of benzene rings is 1. The van der Waals surface area contributed by atoms with Crippen molar-refractivity contribution in [1.82, 2.24) is 4.72 Å². The Morgan fingerprint density at radius 3 is 2.65 bits per heavy atom. The van der Waals surface area contributed by atoms with E-state index in [2.05, 4.69) is 20.7 Å². The molecule has 0 radical (unpaired) electrons. The summed E-state index contributed by atoms with van der Waals surface area (Å²) in [5.74, 6) is 0. The molecule has 0 fully saturated rings. The Hall–Kier alpha value is -0.630. The van der Waals surface area contributed by atoms with Gasteiger partial charge in [-0.15, -0.1) is 0 Å². The number of halogens is 1. The van der Waals surface area contributed by atoms with Gasteiger partial charge in [0, 0.05) is 16.2 Å². The van der Waals surface area contributed by atoms with Gasteiger partial charge in [-0.3, -0.25) is 0 Å². The molecule has 0 heterocycles. The second-order valence-corrected chi connectivity index (χ2v) is 6.16. The molecule has 5 nitrogen and oxygen atoms in total. The van der Waals surface area contributed by atoms with Crippen LogP contribution in [0.15, 0.2) is 27.6 Å². The van der Waals surface area contributed by atoms with Crippen LogP contribution in [0, 0.1) is 0 Å². The molecule has 7 heteroatoms. The van der Waals surface area contributed by atoms with Crippen LogP contribution in [-0.4, -0.2) is 26.2 Å². The maximum absolute atomic E-state index is 11.9. The molecule has 1 aromatic carbocycles. The molecule has 1 aromatic rings. The highest BCUT2D eigenvalue weighted by atomic mass is 79.9. The van der Waals surface area contributed by atoms with E-state index in [0.29, 0.717) is 16.6 Å². The molecule has 1 atom stereocenters. The lowest BCUT2D eigenvalue weighted by Gasteiger charge is -2.14. The number of aliphatic hydroxyl groups excluding tert-OH is 1. The van der Waals surface area contributed by atoms with Gasteiger partial charge < -0.3 is 10.8 Å². The van der Waals surface area contributed by atoms with Crippen LogP contribution in [-0.2, 0) is 10.0 Å². The first kappa shape index (κ1) is 14.4. The lowest BCUT2D eigenvalue weighted by atomic mass is 10.3. The van der Waals surface area contributed by atoms with Crippen LogP contribution in [0.2, 0.25) is 0 Å². The fourth-order valence-electron chi connectivity index (χ4n) is 1.23. The zero-order valence-electron chi connectivity index (χ0n) is 9.35. The van der Waals surface area contributed by atoms with E-state index in [1.807, 2.05) is 0 Å². The predicted octanol–water partition coefficient (Wildman–Crippen LogP) is 1.08. The molecular formula is C10H15BrN2O3S. The summed E-state index contributed by atoms with van der Waals surface area (Å²) >= 11 is 3.19. The van der Waals surface area contributed by atoms with Crippen molar-refractivity contribution in [1.29, 1.82) is 0 Å². The number of aliphatic hydroxyl groups is 1. The minimum Gasteiger partial charge on any atom is -0.398 e. The maximum Gasteiger partial charge on any atom is 0.240 e.